The van der Waals surface area contributed by atoms with Crippen molar-refractivity contribution in [2.45, 2.75) is 26.6 Å². The lowest BCUT2D eigenvalue weighted by atomic mass is 10.2. The normalized spacial score (nSPS) is 12.0. The summed E-state index contributed by atoms with van der Waals surface area (Å²) in [4.78, 5) is 4.43. The first-order chi connectivity index (χ1) is 11.9. The van der Waals surface area contributed by atoms with Crippen molar-refractivity contribution in [2.75, 3.05) is 0 Å². The van der Waals surface area contributed by atoms with Gasteiger partial charge >= 0.3 is 0 Å². The van der Waals surface area contributed by atoms with Crippen molar-refractivity contribution in [3.8, 4) is 17.1 Å². The quantitative estimate of drug-likeness (QED) is 0.526. The molecule has 0 saturated heterocycles. The second-order valence-corrected chi connectivity index (χ2v) is 12.2. The lowest BCUT2D eigenvalue weighted by Gasteiger charge is -2.21. The highest BCUT2D eigenvalue weighted by Crippen LogP contribution is 2.25. The summed E-state index contributed by atoms with van der Waals surface area (Å²) in [6.45, 7) is 8.90. The molecule has 0 bridgehead atoms. The zero-order valence-electron chi connectivity index (χ0n) is 14.8. The molecule has 2 aromatic carbocycles. The highest BCUT2D eigenvalue weighted by molar-refractivity contribution is 6.89. The Bertz CT molecular complexity index is 1060. The average Bonchev–Trinajstić information content (AvgIpc) is 3.18. The Hall–Kier alpha value is -2.73. The molecule has 2 aromatic heterocycles. The van der Waals surface area contributed by atoms with Gasteiger partial charge in [-0.25, -0.2) is 4.98 Å². The number of benzene rings is 2. The molecule has 0 fully saturated rings. The van der Waals surface area contributed by atoms with Gasteiger partial charge in [-0.05, 0) is 29.5 Å². The Morgan fingerprint density at radius 3 is 2.64 bits per heavy atom. The summed E-state index contributed by atoms with van der Waals surface area (Å²) >= 11 is 0. The number of fused-ring (bicyclic) bond motifs is 1. The van der Waals surface area contributed by atoms with Gasteiger partial charge in [-0.15, -0.1) is 10.2 Å². The highest BCUT2D eigenvalue weighted by Gasteiger charge is 2.22. The molecular formula is C19H20N4OSi. The van der Waals surface area contributed by atoms with Gasteiger partial charge < -0.3 is 4.42 Å². The van der Waals surface area contributed by atoms with E-state index in [-0.39, 0.29) is 0 Å². The fourth-order valence-electron chi connectivity index (χ4n) is 3.11. The number of aromatic nitrogens is 4. The molecule has 126 valence electrons. The second-order valence-electron chi connectivity index (χ2n) is 7.21. The Kier molecular flexibility index (Phi) is 3.57. The fourth-order valence-corrected chi connectivity index (χ4v) is 4.68. The van der Waals surface area contributed by atoms with E-state index in [1.807, 2.05) is 25.1 Å². The summed E-state index contributed by atoms with van der Waals surface area (Å²) < 4.78 is 7.64. The zero-order valence-corrected chi connectivity index (χ0v) is 15.8. The van der Waals surface area contributed by atoms with E-state index in [2.05, 4.69) is 63.7 Å². The summed E-state index contributed by atoms with van der Waals surface area (Å²) in [5.41, 5.74) is 3.75. The summed E-state index contributed by atoms with van der Waals surface area (Å²) in [5, 5.41) is 9.92. The van der Waals surface area contributed by atoms with Crippen LogP contribution < -0.4 is 5.19 Å². The van der Waals surface area contributed by atoms with E-state index in [9.17, 15) is 0 Å². The first-order valence-electron chi connectivity index (χ1n) is 8.31. The highest BCUT2D eigenvalue weighted by atomic mass is 28.3. The van der Waals surface area contributed by atoms with Crippen LogP contribution in [0.1, 0.15) is 5.89 Å². The van der Waals surface area contributed by atoms with Gasteiger partial charge in [0.15, 0.2) is 17.3 Å². The Morgan fingerprint density at radius 2 is 1.84 bits per heavy atom. The summed E-state index contributed by atoms with van der Waals surface area (Å²) in [7, 11) is -1.50. The van der Waals surface area contributed by atoms with Gasteiger partial charge in [0, 0.05) is 18.2 Å². The van der Waals surface area contributed by atoms with Gasteiger partial charge in [-0.1, -0.05) is 37.8 Å². The van der Waals surface area contributed by atoms with Gasteiger partial charge in [0.1, 0.15) is 11.8 Å². The monoisotopic (exact) mass is 348 g/mol. The van der Waals surface area contributed by atoms with E-state index in [1.165, 1.54) is 5.19 Å². The molecule has 0 spiro atoms. The number of oxazole rings is 1. The van der Waals surface area contributed by atoms with Crippen LogP contribution in [0.25, 0.3) is 28.2 Å². The van der Waals surface area contributed by atoms with Crippen molar-refractivity contribution in [1.29, 1.82) is 0 Å². The van der Waals surface area contributed by atoms with Gasteiger partial charge in [0.05, 0.1) is 8.07 Å². The molecule has 6 heteroatoms. The second kappa shape index (κ2) is 5.67. The number of aryl methyl sites for hydroxylation is 1. The molecule has 0 unspecified atom stereocenters. The number of para-hydroxylation sites is 1. The smallest absolute Gasteiger partial charge is 0.192 e. The van der Waals surface area contributed by atoms with Crippen LogP contribution >= 0.6 is 0 Å². The number of hydrogen-bond donors (Lipinski definition) is 0. The third kappa shape index (κ3) is 2.78. The molecule has 25 heavy (non-hydrogen) atoms. The van der Waals surface area contributed by atoms with Gasteiger partial charge in [-0.2, -0.15) is 0 Å². The summed E-state index contributed by atoms with van der Waals surface area (Å²) in [6, 6.07) is 14.5. The van der Waals surface area contributed by atoms with Crippen molar-refractivity contribution < 1.29 is 4.42 Å². The van der Waals surface area contributed by atoms with E-state index in [0.29, 0.717) is 5.89 Å². The molecule has 0 aliphatic rings. The Morgan fingerprint density at radius 1 is 1.04 bits per heavy atom. The molecule has 0 N–H and O–H groups in total. The van der Waals surface area contributed by atoms with Crippen LogP contribution in [0.15, 0.2) is 53.2 Å². The van der Waals surface area contributed by atoms with Crippen molar-refractivity contribution in [2.24, 2.45) is 0 Å². The SMILES string of the molecule is Cc1nc2cc(-c3nncn3-c3ccccc3[Si](C)(C)C)ccc2o1. The van der Waals surface area contributed by atoms with Crippen molar-refractivity contribution in [3.63, 3.8) is 0 Å². The maximum absolute atomic E-state index is 5.57. The van der Waals surface area contributed by atoms with Crippen LogP contribution in [-0.2, 0) is 0 Å². The maximum Gasteiger partial charge on any atom is 0.192 e. The first-order valence-corrected chi connectivity index (χ1v) is 11.8. The minimum absolute atomic E-state index is 0.665. The standard InChI is InChI=1S/C19H20N4OSi/c1-13-21-15-11-14(9-10-17(15)24-13)19-22-20-12-23(19)16-7-5-6-8-18(16)25(2,3)4/h5-12H,1-4H3. The molecule has 0 radical (unpaired) electrons. The lowest BCUT2D eigenvalue weighted by Crippen LogP contribution is -2.40. The van der Waals surface area contributed by atoms with Crippen LogP contribution in [0.2, 0.25) is 19.6 Å². The van der Waals surface area contributed by atoms with Gasteiger partial charge in [0.25, 0.3) is 0 Å². The third-order valence-electron chi connectivity index (χ3n) is 4.27. The van der Waals surface area contributed by atoms with E-state index in [1.54, 1.807) is 6.33 Å². The molecule has 4 aromatic rings. The summed E-state index contributed by atoms with van der Waals surface area (Å²) in [5.74, 6) is 1.48. The summed E-state index contributed by atoms with van der Waals surface area (Å²) in [6.07, 6.45) is 1.78. The third-order valence-corrected chi connectivity index (χ3v) is 6.31. The predicted octanol–water partition coefficient (Wildman–Crippen LogP) is 3.93. The Balaban J connectivity index is 1.89. The average molecular weight is 348 g/mol. The van der Waals surface area contributed by atoms with Crippen LogP contribution in [0.4, 0.5) is 0 Å². The van der Waals surface area contributed by atoms with E-state index < -0.39 is 8.07 Å². The minimum atomic E-state index is -1.50. The van der Waals surface area contributed by atoms with Crippen molar-refractivity contribution in [3.05, 3.63) is 54.7 Å². The number of hydrogen-bond acceptors (Lipinski definition) is 4. The topological polar surface area (TPSA) is 56.7 Å². The van der Waals surface area contributed by atoms with Crippen LogP contribution in [0.5, 0.6) is 0 Å². The van der Waals surface area contributed by atoms with Crippen molar-refractivity contribution in [1.82, 2.24) is 19.7 Å². The molecule has 0 amide bonds. The fraction of sp³-hybridized carbons (Fsp3) is 0.211. The molecule has 0 saturated carbocycles. The van der Waals surface area contributed by atoms with E-state index in [0.717, 1.165) is 28.2 Å². The molecule has 2 heterocycles. The zero-order chi connectivity index (χ0) is 17.6. The lowest BCUT2D eigenvalue weighted by molar-refractivity contribution is 0.561. The van der Waals surface area contributed by atoms with E-state index in [4.69, 9.17) is 4.42 Å². The van der Waals surface area contributed by atoms with Crippen molar-refractivity contribution >= 4 is 24.4 Å². The number of rotatable bonds is 3. The molecule has 0 atom stereocenters. The molecule has 5 nitrogen and oxygen atoms in total. The van der Waals surface area contributed by atoms with Crippen LogP contribution in [0, 0.1) is 6.92 Å². The maximum atomic E-state index is 5.57. The van der Waals surface area contributed by atoms with E-state index >= 15 is 0 Å². The molecule has 4 rings (SSSR count). The predicted molar refractivity (Wildman–Crippen MR) is 102 cm³/mol. The Labute approximate surface area is 147 Å². The van der Waals surface area contributed by atoms with Gasteiger partial charge in [-0.3, -0.25) is 4.57 Å². The van der Waals surface area contributed by atoms with Gasteiger partial charge in [0.2, 0.25) is 0 Å². The number of nitrogens with zero attached hydrogens (tertiary/aromatic N) is 4. The molecule has 0 aliphatic heterocycles. The first kappa shape index (κ1) is 15.8. The van der Waals surface area contributed by atoms with Crippen LogP contribution in [-0.4, -0.2) is 27.8 Å². The molecule has 0 aliphatic carbocycles. The largest absolute Gasteiger partial charge is 0.441 e. The molecular weight excluding hydrogens is 328 g/mol. The minimum Gasteiger partial charge on any atom is -0.441 e. The van der Waals surface area contributed by atoms with Crippen LogP contribution in [0.3, 0.4) is 0 Å².